The number of rotatable bonds is 3. The maximum Gasteiger partial charge on any atom is 0.417 e. The Morgan fingerprint density at radius 1 is 1.07 bits per heavy atom. The van der Waals surface area contributed by atoms with Crippen LogP contribution in [0, 0.1) is 12.8 Å². The average molecular weight is 384 g/mol. The number of hydrogen-bond donors (Lipinski definition) is 1. The van der Waals surface area contributed by atoms with E-state index < -0.39 is 11.7 Å². The van der Waals surface area contributed by atoms with Crippen LogP contribution in [-0.2, 0) is 6.18 Å². The van der Waals surface area contributed by atoms with Crippen LogP contribution in [0.5, 0.6) is 0 Å². The maximum atomic E-state index is 13.4. The molecule has 0 atom stereocenters. The molecule has 3 aromatic rings. The van der Waals surface area contributed by atoms with Crippen LogP contribution in [0.1, 0.15) is 49.1 Å². The molecule has 28 heavy (non-hydrogen) atoms. The predicted octanol–water partition coefficient (Wildman–Crippen LogP) is 7.15. The van der Waals surface area contributed by atoms with Gasteiger partial charge in [0.2, 0.25) is 0 Å². The first-order chi connectivity index (χ1) is 13.4. The van der Waals surface area contributed by atoms with Gasteiger partial charge in [0.25, 0.3) is 0 Å². The second-order valence-electron chi connectivity index (χ2n) is 7.61. The van der Waals surface area contributed by atoms with Crippen molar-refractivity contribution in [3.63, 3.8) is 0 Å². The number of H-pyrrole nitrogens is 1. The number of aromatic nitrogens is 2. The van der Waals surface area contributed by atoms with Gasteiger partial charge in [0.15, 0.2) is 0 Å². The number of halogens is 3. The highest BCUT2D eigenvalue weighted by molar-refractivity contribution is 5.86. The first kappa shape index (κ1) is 18.8. The van der Waals surface area contributed by atoms with Crippen LogP contribution in [0.25, 0.3) is 28.2 Å². The van der Waals surface area contributed by atoms with Crippen molar-refractivity contribution in [1.82, 2.24) is 9.97 Å². The summed E-state index contributed by atoms with van der Waals surface area (Å²) in [6.45, 7) is 1.90. The third-order valence-corrected chi connectivity index (χ3v) is 5.53. The van der Waals surface area contributed by atoms with Crippen LogP contribution in [0.2, 0.25) is 0 Å². The fraction of sp³-hybridized carbons (Fsp3) is 0.348. The molecule has 0 amide bonds. The topological polar surface area (TPSA) is 28.7 Å². The third kappa shape index (κ3) is 3.84. The smallest absolute Gasteiger partial charge is 0.338 e. The monoisotopic (exact) mass is 384 g/mol. The summed E-state index contributed by atoms with van der Waals surface area (Å²) in [4.78, 5) is 7.92. The van der Waals surface area contributed by atoms with Crippen molar-refractivity contribution < 1.29 is 13.2 Å². The normalized spacial score (nSPS) is 16.3. The minimum atomic E-state index is -4.39. The molecule has 0 spiro atoms. The Morgan fingerprint density at radius 2 is 1.82 bits per heavy atom. The second kappa shape index (κ2) is 7.46. The highest BCUT2D eigenvalue weighted by Crippen LogP contribution is 2.38. The van der Waals surface area contributed by atoms with Gasteiger partial charge >= 0.3 is 6.18 Å². The van der Waals surface area contributed by atoms with E-state index in [0.717, 1.165) is 23.0 Å². The molecular formula is C23H23F3N2. The Labute approximate surface area is 162 Å². The molecule has 2 nitrogen and oxygen atoms in total. The van der Waals surface area contributed by atoms with Gasteiger partial charge < -0.3 is 4.98 Å². The minimum Gasteiger partial charge on any atom is -0.338 e. The molecule has 2 aromatic carbocycles. The van der Waals surface area contributed by atoms with Gasteiger partial charge in [-0.1, -0.05) is 43.5 Å². The van der Waals surface area contributed by atoms with E-state index in [-0.39, 0.29) is 5.56 Å². The van der Waals surface area contributed by atoms with Crippen molar-refractivity contribution in [3.8, 4) is 11.1 Å². The zero-order valence-corrected chi connectivity index (χ0v) is 15.8. The Kier molecular flexibility index (Phi) is 5.00. The maximum absolute atomic E-state index is 13.4. The van der Waals surface area contributed by atoms with Gasteiger partial charge in [0.05, 0.1) is 16.6 Å². The summed E-state index contributed by atoms with van der Waals surface area (Å²) >= 11 is 0. The molecule has 1 fully saturated rings. The number of hydrogen-bond acceptors (Lipinski definition) is 1. The Hall–Kier alpha value is -2.56. The lowest BCUT2D eigenvalue weighted by Crippen LogP contribution is -2.06. The van der Waals surface area contributed by atoms with Crippen LogP contribution < -0.4 is 0 Å². The standard InChI is InChI=1S/C23H23F3N2/c1-15-13-17(18-9-5-6-10-19(18)23(24,25)26)14-20-22(15)28-21(27-20)12-11-16-7-3-2-4-8-16/h5-6,9-14,16H,2-4,7-8H2,1H3,(H,27,28). The van der Waals surface area contributed by atoms with Gasteiger partial charge in [0.1, 0.15) is 5.82 Å². The van der Waals surface area contributed by atoms with Crippen LogP contribution in [-0.4, -0.2) is 9.97 Å². The second-order valence-corrected chi connectivity index (χ2v) is 7.61. The molecular weight excluding hydrogens is 361 g/mol. The van der Waals surface area contributed by atoms with Crippen molar-refractivity contribution in [3.05, 3.63) is 59.4 Å². The molecule has 1 aliphatic rings. The van der Waals surface area contributed by atoms with Crippen molar-refractivity contribution in [2.75, 3.05) is 0 Å². The van der Waals surface area contributed by atoms with Crippen molar-refractivity contribution in [2.45, 2.75) is 45.2 Å². The average Bonchev–Trinajstić information content (AvgIpc) is 3.10. The zero-order valence-electron chi connectivity index (χ0n) is 15.8. The van der Waals surface area contributed by atoms with E-state index >= 15 is 0 Å². The van der Waals surface area contributed by atoms with Gasteiger partial charge in [-0.3, -0.25) is 0 Å². The van der Waals surface area contributed by atoms with Crippen LogP contribution in [0.3, 0.4) is 0 Å². The summed E-state index contributed by atoms with van der Waals surface area (Å²) in [5.41, 5.74) is 2.54. The largest absolute Gasteiger partial charge is 0.417 e. The van der Waals surface area contributed by atoms with Gasteiger partial charge in [-0.05, 0) is 66.6 Å². The van der Waals surface area contributed by atoms with E-state index in [1.165, 1.54) is 44.2 Å². The predicted molar refractivity (Wildman–Crippen MR) is 107 cm³/mol. The highest BCUT2D eigenvalue weighted by Gasteiger charge is 2.33. The zero-order chi connectivity index (χ0) is 19.7. The summed E-state index contributed by atoms with van der Waals surface area (Å²) in [7, 11) is 0. The molecule has 0 unspecified atom stereocenters. The fourth-order valence-electron chi connectivity index (χ4n) is 4.08. The molecule has 146 valence electrons. The van der Waals surface area contributed by atoms with Gasteiger partial charge in [-0.25, -0.2) is 4.98 Å². The first-order valence-corrected chi connectivity index (χ1v) is 9.77. The van der Waals surface area contributed by atoms with E-state index in [9.17, 15) is 13.2 Å². The van der Waals surface area contributed by atoms with Crippen molar-refractivity contribution >= 4 is 17.1 Å². The lowest BCUT2D eigenvalue weighted by molar-refractivity contribution is -0.137. The molecule has 1 heterocycles. The van der Waals surface area contributed by atoms with E-state index in [1.54, 1.807) is 18.2 Å². The molecule has 5 heteroatoms. The van der Waals surface area contributed by atoms with Crippen LogP contribution in [0.4, 0.5) is 13.2 Å². The molecule has 1 N–H and O–H groups in total. The number of benzene rings is 2. The molecule has 0 bridgehead atoms. The Bertz CT molecular complexity index is 1010. The van der Waals surface area contributed by atoms with Gasteiger partial charge in [-0.15, -0.1) is 0 Å². The number of aryl methyl sites for hydroxylation is 1. The number of alkyl halides is 3. The highest BCUT2D eigenvalue weighted by atomic mass is 19.4. The molecule has 0 saturated heterocycles. The minimum absolute atomic E-state index is 0.183. The van der Waals surface area contributed by atoms with E-state index in [1.807, 2.05) is 13.0 Å². The summed E-state index contributed by atoms with van der Waals surface area (Å²) < 4.78 is 40.2. The molecule has 4 rings (SSSR count). The van der Waals surface area contributed by atoms with Gasteiger partial charge in [0, 0.05) is 0 Å². The molecule has 0 aliphatic heterocycles. The number of imidazole rings is 1. The summed E-state index contributed by atoms with van der Waals surface area (Å²) in [6, 6.07) is 9.21. The molecule has 1 saturated carbocycles. The van der Waals surface area contributed by atoms with Crippen LogP contribution in [0.15, 0.2) is 42.5 Å². The molecule has 1 aliphatic carbocycles. The van der Waals surface area contributed by atoms with Crippen molar-refractivity contribution in [2.24, 2.45) is 5.92 Å². The number of allylic oxidation sites excluding steroid dienone is 1. The SMILES string of the molecule is Cc1cc(-c2ccccc2C(F)(F)F)cc2nc(C=CC3CCCCC3)[nH]c12. The number of fused-ring (bicyclic) bond motifs is 1. The van der Waals surface area contributed by atoms with E-state index in [2.05, 4.69) is 16.0 Å². The van der Waals surface area contributed by atoms with E-state index in [0.29, 0.717) is 17.0 Å². The van der Waals surface area contributed by atoms with Crippen molar-refractivity contribution in [1.29, 1.82) is 0 Å². The van der Waals surface area contributed by atoms with E-state index in [4.69, 9.17) is 0 Å². The third-order valence-electron chi connectivity index (χ3n) is 5.53. The first-order valence-electron chi connectivity index (χ1n) is 9.77. The number of aromatic amines is 1. The van der Waals surface area contributed by atoms with Crippen LogP contribution >= 0.6 is 0 Å². The molecule has 0 radical (unpaired) electrons. The van der Waals surface area contributed by atoms with Gasteiger partial charge in [-0.2, -0.15) is 13.2 Å². The number of nitrogens with zero attached hydrogens (tertiary/aromatic N) is 1. The number of nitrogens with one attached hydrogen (secondary N) is 1. The summed E-state index contributed by atoms with van der Waals surface area (Å²) in [6.07, 6.45) is 6.13. The lowest BCUT2D eigenvalue weighted by atomic mass is 9.89. The molecule has 1 aromatic heterocycles. The fourth-order valence-corrected chi connectivity index (χ4v) is 4.08. The lowest BCUT2D eigenvalue weighted by Gasteiger charge is -2.17. The Balaban J connectivity index is 1.71. The Morgan fingerprint density at radius 3 is 2.57 bits per heavy atom. The summed E-state index contributed by atoms with van der Waals surface area (Å²) in [5, 5.41) is 0. The quantitative estimate of drug-likeness (QED) is 0.510. The summed E-state index contributed by atoms with van der Waals surface area (Å²) in [5.74, 6) is 1.35.